The summed E-state index contributed by atoms with van der Waals surface area (Å²) < 4.78 is 0. The number of hydrogen-bond acceptors (Lipinski definition) is 3. The molecule has 2 aliphatic rings. The van der Waals surface area contributed by atoms with Crippen molar-refractivity contribution in [2.24, 2.45) is 17.6 Å². The molecule has 1 aliphatic heterocycles. The lowest BCUT2D eigenvalue weighted by Crippen LogP contribution is -2.46. The van der Waals surface area contributed by atoms with Crippen LogP contribution in [0.4, 0.5) is 0 Å². The van der Waals surface area contributed by atoms with Crippen molar-refractivity contribution in [2.75, 3.05) is 46.3 Å². The van der Waals surface area contributed by atoms with Crippen molar-refractivity contribution in [1.29, 1.82) is 0 Å². The van der Waals surface area contributed by atoms with Crippen LogP contribution in [-0.2, 0) is 0 Å². The van der Waals surface area contributed by atoms with Crippen LogP contribution in [0.2, 0.25) is 0 Å². The van der Waals surface area contributed by atoms with Crippen molar-refractivity contribution in [3.63, 3.8) is 0 Å². The van der Waals surface area contributed by atoms with Gasteiger partial charge in [-0.1, -0.05) is 0 Å². The van der Waals surface area contributed by atoms with Crippen LogP contribution in [0.5, 0.6) is 0 Å². The molecule has 0 aromatic heterocycles. The van der Waals surface area contributed by atoms with E-state index >= 15 is 0 Å². The minimum absolute atomic E-state index is 0.823. The molecular formula is C13H27N3. The van der Waals surface area contributed by atoms with Gasteiger partial charge in [-0.3, -0.25) is 0 Å². The van der Waals surface area contributed by atoms with E-state index in [9.17, 15) is 0 Å². The fourth-order valence-corrected chi connectivity index (χ4v) is 3.05. The molecule has 1 heterocycles. The second-order valence-corrected chi connectivity index (χ2v) is 5.73. The maximum Gasteiger partial charge on any atom is 0.0110 e. The lowest BCUT2D eigenvalue weighted by molar-refractivity contribution is 0.119. The first-order valence-corrected chi connectivity index (χ1v) is 6.89. The van der Waals surface area contributed by atoms with Gasteiger partial charge in [0, 0.05) is 32.7 Å². The summed E-state index contributed by atoms with van der Waals surface area (Å²) in [6.07, 6.45) is 5.56. The van der Waals surface area contributed by atoms with Gasteiger partial charge in [0.25, 0.3) is 0 Å². The van der Waals surface area contributed by atoms with Crippen LogP contribution in [0.3, 0.4) is 0 Å². The number of piperazine rings is 1. The SMILES string of the molecule is CN1CCN(CC2CCC(CN)CC2)CC1. The van der Waals surface area contributed by atoms with Gasteiger partial charge in [-0.15, -0.1) is 0 Å². The van der Waals surface area contributed by atoms with E-state index in [4.69, 9.17) is 5.73 Å². The molecule has 2 fully saturated rings. The fourth-order valence-electron chi connectivity index (χ4n) is 3.05. The topological polar surface area (TPSA) is 32.5 Å². The Bertz CT molecular complexity index is 191. The Hall–Kier alpha value is -0.120. The van der Waals surface area contributed by atoms with Gasteiger partial charge in [0.05, 0.1) is 0 Å². The zero-order chi connectivity index (χ0) is 11.4. The van der Waals surface area contributed by atoms with Crippen LogP contribution in [-0.4, -0.2) is 56.1 Å². The smallest absolute Gasteiger partial charge is 0.0110 e. The van der Waals surface area contributed by atoms with E-state index in [0.717, 1.165) is 18.4 Å². The molecule has 2 rings (SSSR count). The maximum atomic E-state index is 5.73. The minimum Gasteiger partial charge on any atom is -0.330 e. The van der Waals surface area contributed by atoms with Gasteiger partial charge in [0.2, 0.25) is 0 Å². The van der Waals surface area contributed by atoms with Crippen LogP contribution < -0.4 is 5.73 Å². The molecule has 1 saturated carbocycles. The summed E-state index contributed by atoms with van der Waals surface area (Å²) in [6, 6.07) is 0. The van der Waals surface area contributed by atoms with Crippen LogP contribution >= 0.6 is 0 Å². The van der Waals surface area contributed by atoms with Crippen molar-refractivity contribution in [3.8, 4) is 0 Å². The molecule has 3 nitrogen and oxygen atoms in total. The molecule has 3 heteroatoms. The molecule has 0 unspecified atom stereocenters. The molecule has 0 radical (unpaired) electrons. The van der Waals surface area contributed by atoms with Crippen LogP contribution in [0.1, 0.15) is 25.7 Å². The molecule has 0 amide bonds. The lowest BCUT2D eigenvalue weighted by Gasteiger charge is -2.36. The summed E-state index contributed by atoms with van der Waals surface area (Å²) >= 11 is 0. The molecule has 0 atom stereocenters. The van der Waals surface area contributed by atoms with Crippen LogP contribution in [0, 0.1) is 11.8 Å². The molecule has 0 bridgehead atoms. The first kappa shape index (κ1) is 12.3. The van der Waals surface area contributed by atoms with Gasteiger partial charge in [0.1, 0.15) is 0 Å². The highest BCUT2D eigenvalue weighted by Gasteiger charge is 2.23. The first-order chi connectivity index (χ1) is 7.78. The van der Waals surface area contributed by atoms with Crippen molar-refractivity contribution in [2.45, 2.75) is 25.7 Å². The molecule has 2 N–H and O–H groups in total. The summed E-state index contributed by atoms with van der Waals surface area (Å²) in [5.74, 6) is 1.77. The van der Waals surface area contributed by atoms with E-state index in [2.05, 4.69) is 16.8 Å². The summed E-state index contributed by atoms with van der Waals surface area (Å²) in [5, 5.41) is 0. The number of nitrogens with zero attached hydrogens (tertiary/aromatic N) is 2. The Balaban J connectivity index is 1.66. The third-order valence-corrected chi connectivity index (χ3v) is 4.41. The lowest BCUT2D eigenvalue weighted by atomic mass is 9.82. The monoisotopic (exact) mass is 225 g/mol. The van der Waals surface area contributed by atoms with E-state index in [1.165, 1.54) is 58.4 Å². The molecule has 1 saturated heterocycles. The highest BCUT2D eigenvalue weighted by atomic mass is 15.2. The van der Waals surface area contributed by atoms with E-state index < -0.39 is 0 Å². The Morgan fingerprint density at radius 2 is 1.50 bits per heavy atom. The van der Waals surface area contributed by atoms with Gasteiger partial charge in [-0.05, 0) is 51.1 Å². The quantitative estimate of drug-likeness (QED) is 0.778. The standard InChI is InChI=1S/C13H27N3/c1-15-6-8-16(9-7-15)11-13-4-2-12(10-14)3-5-13/h12-13H,2-11,14H2,1H3. The van der Waals surface area contributed by atoms with E-state index in [1.54, 1.807) is 0 Å². The first-order valence-electron chi connectivity index (χ1n) is 6.89. The van der Waals surface area contributed by atoms with Gasteiger partial charge in [0.15, 0.2) is 0 Å². The van der Waals surface area contributed by atoms with Crippen molar-refractivity contribution < 1.29 is 0 Å². The predicted molar refractivity (Wildman–Crippen MR) is 68.4 cm³/mol. The Kier molecular flexibility index (Phi) is 4.62. The molecule has 0 aromatic carbocycles. The zero-order valence-corrected chi connectivity index (χ0v) is 10.7. The highest BCUT2D eigenvalue weighted by Crippen LogP contribution is 2.28. The molecule has 0 spiro atoms. The summed E-state index contributed by atoms with van der Waals surface area (Å²) in [6.45, 7) is 7.28. The van der Waals surface area contributed by atoms with Gasteiger partial charge < -0.3 is 15.5 Å². The van der Waals surface area contributed by atoms with E-state index in [-0.39, 0.29) is 0 Å². The van der Waals surface area contributed by atoms with Gasteiger partial charge >= 0.3 is 0 Å². The van der Waals surface area contributed by atoms with Gasteiger partial charge in [-0.25, -0.2) is 0 Å². The summed E-state index contributed by atoms with van der Waals surface area (Å²) in [5.41, 5.74) is 5.73. The highest BCUT2D eigenvalue weighted by molar-refractivity contribution is 4.77. The van der Waals surface area contributed by atoms with Crippen LogP contribution in [0.25, 0.3) is 0 Å². The molecule has 0 aromatic rings. The summed E-state index contributed by atoms with van der Waals surface area (Å²) in [4.78, 5) is 5.09. The normalized spacial score (nSPS) is 34.1. The molecular weight excluding hydrogens is 198 g/mol. The minimum atomic E-state index is 0.823. The molecule has 94 valence electrons. The molecule has 1 aliphatic carbocycles. The van der Waals surface area contributed by atoms with E-state index in [1.807, 2.05) is 0 Å². The average molecular weight is 225 g/mol. The number of likely N-dealkylation sites (N-methyl/N-ethyl adjacent to an activating group) is 1. The number of rotatable bonds is 3. The van der Waals surface area contributed by atoms with Crippen LogP contribution in [0.15, 0.2) is 0 Å². The fraction of sp³-hybridized carbons (Fsp3) is 1.00. The van der Waals surface area contributed by atoms with Crippen molar-refractivity contribution in [3.05, 3.63) is 0 Å². The van der Waals surface area contributed by atoms with Crippen molar-refractivity contribution in [1.82, 2.24) is 9.80 Å². The Morgan fingerprint density at radius 3 is 2.06 bits per heavy atom. The Morgan fingerprint density at radius 1 is 0.938 bits per heavy atom. The zero-order valence-electron chi connectivity index (χ0n) is 10.7. The van der Waals surface area contributed by atoms with Gasteiger partial charge in [-0.2, -0.15) is 0 Å². The maximum absolute atomic E-state index is 5.73. The van der Waals surface area contributed by atoms with Crippen molar-refractivity contribution >= 4 is 0 Å². The van der Waals surface area contributed by atoms with E-state index in [0.29, 0.717) is 0 Å². The third-order valence-electron chi connectivity index (χ3n) is 4.41. The predicted octanol–water partition coefficient (Wildman–Crippen LogP) is 0.999. The Labute approximate surface area is 100.0 Å². The second kappa shape index (κ2) is 5.99. The number of nitrogens with two attached hydrogens (primary N) is 1. The average Bonchev–Trinajstić information content (AvgIpc) is 2.33. The summed E-state index contributed by atoms with van der Waals surface area (Å²) in [7, 11) is 2.23. The number of hydrogen-bond donors (Lipinski definition) is 1. The largest absolute Gasteiger partial charge is 0.330 e. The third kappa shape index (κ3) is 3.44. The molecule has 16 heavy (non-hydrogen) atoms. The second-order valence-electron chi connectivity index (χ2n) is 5.73.